The van der Waals surface area contributed by atoms with Crippen LogP contribution in [0.4, 0.5) is 0 Å². The van der Waals surface area contributed by atoms with Gasteiger partial charge in [-0.15, -0.1) is 0 Å². The quantitative estimate of drug-likeness (QED) is 0.813. The van der Waals surface area contributed by atoms with E-state index in [9.17, 15) is 4.79 Å². The molecule has 1 aromatic rings. The first-order chi connectivity index (χ1) is 12.7. The van der Waals surface area contributed by atoms with E-state index >= 15 is 0 Å². The zero-order valence-electron chi connectivity index (χ0n) is 16.0. The number of likely N-dealkylation sites (N-methyl/N-ethyl adjacent to an activating group) is 1. The second kappa shape index (κ2) is 9.19. The number of hydrogen-bond acceptors (Lipinski definition) is 4. The number of rotatable bonds is 7. The molecule has 0 aromatic heterocycles. The summed E-state index contributed by atoms with van der Waals surface area (Å²) in [6, 6.07) is 8.52. The molecule has 1 aromatic carbocycles. The molecule has 1 amide bonds. The number of piperidine rings is 2. The van der Waals surface area contributed by atoms with Crippen LogP contribution in [0, 0.1) is 5.92 Å². The molecule has 26 heavy (non-hydrogen) atoms. The van der Waals surface area contributed by atoms with Crippen molar-refractivity contribution in [2.45, 2.75) is 25.3 Å². The van der Waals surface area contributed by atoms with Crippen LogP contribution in [-0.2, 0) is 4.79 Å². The summed E-state index contributed by atoms with van der Waals surface area (Å²) in [6.45, 7) is 4.81. The number of benzene rings is 1. The maximum absolute atomic E-state index is 12.3. The molecule has 0 aliphatic carbocycles. The van der Waals surface area contributed by atoms with Gasteiger partial charge in [-0.3, -0.25) is 9.69 Å². The molecule has 0 unspecified atom stereocenters. The maximum Gasteiger partial charge on any atom is 0.222 e. The minimum Gasteiger partial charge on any atom is -0.496 e. The lowest BCUT2D eigenvalue weighted by Gasteiger charge is -2.47. The van der Waals surface area contributed by atoms with Gasteiger partial charge in [0.05, 0.1) is 7.11 Å². The molecule has 5 heteroatoms. The van der Waals surface area contributed by atoms with E-state index in [4.69, 9.17) is 4.74 Å². The molecule has 2 saturated heterocycles. The number of carbonyl (C=O) groups is 1. The zero-order chi connectivity index (χ0) is 18.4. The van der Waals surface area contributed by atoms with Crippen molar-refractivity contribution in [1.82, 2.24) is 15.1 Å². The summed E-state index contributed by atoms with van der Waals surface area (Å²) < 4.78 is 5.41. The van der Waals surface area contributed by atoms with Crippen LogP contribution >= 0.6 is 0 Å². The molecule has 2 atom stereocenters. The first-order valence-electron chi connectivity index (χ1n) is 9.69. The lowest BCUT2D eigenvalue weighted by molar-refractivity contribution is -0.140. The topological polar surface area (TPSA) is 44.8 Å². The highest BCUT2D eigenvalue weighted by molar-refractivity contribution is 5.77. The van der Waals surface area contributed by atoms with Crippen molar-refractivity contribution in [3.05, 3.63) is 35.9 Å². The van der Waals surface area contributed by atoms with E-state index < -0.39 is 0 Å². The Bertz CT molecular complexity index is 631. The number of nitrogens with one attached hydrogen (secondary N) is 1. The van der Waals surface area contributed by atoms with Crippen molar-refractivity contribution < 1.29 is 9.53 Å². The van der Waals surface area contributed by atoms with Crippen LogP contribution in [0.1, 0.15) is 24.8 Å². The largest absolute Gasteiger partial charge is 0.496 e. The summed E-state index contributed by atoms with van der Waals surface area (Å²) in [7, 11) is 3.66. The van der Waals surface area contributed by atoms with Crippen molar-refractivity contribution >= 4 is 12.0 Å². The van der Waals surface area contributed by atoms with Crippen LogP contribution in [0.15, 0.2) is 30.3 Å². The monoisotopic (exact) mass is 357 g/mol. The van der Waals surface area contributed by atoms with Crippen LogP contribution in [0.3, 0.4) is 0 Å². The molecule has 2 heterocycles. The first kappa shape index (κ1) is 18.9. The predicted octanol–water partition coefficient (Wildman–Crippen LogP) is 2.24. The number of amides is 1. The van der Waals surface area contributed by atoms with Crippen LogP contribution in [0.2, 0.25) is 0 Å². The number of nitrogens with zero attached hydrogens (tertiary/aromatic N) is 2. The number of likely N-dealkylation sites (tertiary alicyclic amines) is 2. The first-order valence-corrected chi connectivity index (χ1v) is 9.69. The number of hydrogen-bond donors (Lipinski definition) is 1. The maximum atomic E-state index is 12.3. The number of methoxy groups -OCH3 is 1. The number of carbonyl (C=O) groups excluding carboxylic acids is 1. The molecule has 2 fully saturated rings. The molecule has 5 nitrogen and oxygen atoms in total. The van der Waals surface area contributed by atoms with E-state index in [0.717, 1.165) is 56.9 Å². The molecule has 142 valence electrons. The highest BCUT2D eigenvalue weighted by Gasteiger charge is 2.38. The summed E-state index contributed by atoms with van der Waals surface area (Å²) in [5.74, 6) is 1.86. The molecule has 2 aliphatic heterocycles. The fourth-order valence-corrected chi connectivity index (χ4v) is 4.25. The third-order valence-electron chi connectivity index (χ3n) is 5.63. The van der Waals surface area contributed by atoms with E-state index in [-0.39, 0.29) is 0 Å². The van der Waals surface area contributed by atoms with Crippen LogP contribution in [0.25, 0.3) is 6.08 Å². The molecular weight excluding hydrogens is 326 g/mol. The van der Waals surface area contributed by atoms with E-state index in [1.165, 1.54) is 0 Å². The number of ether oxygens (including phenoxy) is 1. The second-order valence-corrected chi connectivity index (χ2v) is 7.25. The number of fused-ring (bicyclic) bond motifs is 1. The van der Waals surface area contributed by atoms with Gasteiger partial charge in [0.25, 0.3) is 0 Å². The lowest BCUT2D eigenvalue weighted by Crippen LogP contribution is -2.57. The number of para-hydroxylation sites is 1. The SMILES string of the molecule is CNCCN1C(=O)CC[C@H]2CN(C/C=C/c3ccccc3OC)CC[C@H]21. The van der Waals surface area contributed by atoms with Crippen molar-refractivity contribution in [3.63, 3.8) is 0 Å². The van der Waals surface area contributed by atoms with Gasteiger partial charge in [0.1, 0.15) is 5.75 Å². The highest BCUT2D eigenvalue weighted by atomic mass is 16.5. The average Bonchev–Trinajstić information content (AvgIpc) is 2.67. The molecule has 0 radical (unpaired) electrons. The van der Waals surface area contributed by atoms with Gasteiger partial charge in [-0.1, -0.05) is 30.4 Å². The minimum atomic E-state index is 0.339. The van der Waals surface area contributed by atoms with Gasteiger partial charge >= 0.3 is 0 Å². The normalized spacial score (nSPS) is 24.1. The Morgan fingerprint density at radius 3 is 2.96 bits per heavy atom. The fraction of sp³-hybridized carbons (Fsp3) is 0.571. The Balaban J connectivity index is 1.55. The molecule has 3 rings (SSSR count). The van der Waals surface area contributed by atoms with Crippen LogP contribution < -0.4 is 10.1 Å². The molecule has 1 N–H and O–H groups in total. The highest BCUT2D eigenvalue weighted by Crippen LogP contribution is 2.31. The van der Waals surface area contributed by atoms with Gasteiger partial charge in [-0.25, -0.2) is 0 Å². The van der Waals surface area contributed by atoms with Crippen molar-refractivity contribution in [2.24, 2.45) is 5.92 Å². The minimum absolute atomic E-state index is 0.339. The summed E-state index contributed by atoms with van der Waals surface area (Å²) in [5, 5.41) is 3.17. The standard InChI is InChI=1S/C21H31N3O2/c1-22-12-15-24-19-11-14-23(16-18(19)9-10-21(24)25)13-5-7-17-6-3-4-8-20(17)26-2/h3-8,18-19,22H,9-16H2,1-2H3/b7-5+/t18-,19+/m0/s1. The smallest absolute Gasteiger partial charge is 0.222 e. The van der Waals surface area contributed by atoms with Crippen molar-refractivity contribution in [3.8, 4) is 5.75 Å². The molecule has 0 spiro atoms. The van der Waals surface area contributed by atoms with Gasteiger partial charge in [0.2, 0.25) is 5.91 Å². The summed E-state index contributed by atoms with van der Waals surface area (Å²) in [5.41, 5.74) is 1.12. The summed E-state index contributed by atoms with van der Waals surface area (Å²) in [6.07, 6.45) is 7.20. The van der Waals surface area contributed by atoms with E-state index in [2.05, 4.69) is 33.3 Å². The second-order valence-electron chi connectivity index (χ2n) is 7.25. The van der Waals surface area contributed by atoms with Gasteiger partial charge in [0, 0.05) is 50.7 Å². The summed E-state index contributed by atoms with van der Waals surface area (Å²) >= 11 is 0. The molecule has 0 bridgehead atoms. The molecular formula is C21H31N3O2. The third kappa shape index (κ3) is 4.46. The van der Waals surface area contributed by atoms with Gasteiger partial charge in [-0.05, 0) is 31.9 Å². The Morgan fingerprint density at radius 1 is 1.31 bits per heavy atom. The zero-order valence-corrected chi connectivity index (χ0v) is 16.0. The predicted molar refractivity (Wildman–Crippen MR) is 105 cm³/mol. The average molecular weight is 357 g/mol. The van der Waals surface area contributed by atoms with Crippen molar-refractivity contribution in [1.29, 1.82) is 0 Å². The molecule has 0 saturated carbocycles. The Hall–Kier alpha value is -1.85. The Kier molecular flexibility index (Phi) is 6.69. The van der Waals surface area contributed by atoms with Gasteiger partial charge in [-0.2, -0.15) is 0 Å². The summed E-state index contributed by atoms with van der Waals surface area (Å²) in [4.78, 5) is 16.9. The fourth-order valence-electron chi connectivity index (χ4n) is 4.25. The molecule has 2 aliphatic rings. The lowest BCUT2D eigenvalue weighted by atomic mass is 9.83. The third-order valence-corrected chi connectivity index (χ3v) is 5.63. The Labute approximate surface area is 157 Å². The van der Waals surface area contributed by atoms with Gasteiger partial charge in [0.15, 0.2) is 0 Å². The van der Waals surface area contributed by atoms with E-state index in [1.807, 2.05) is 25.2 Å². The van der Waals surface area contributed by atoms with E-state index in [0.29, 0.717) is 24.3 Å². The van der Waals surface area contributed by atoms with E-state index in [1.54, 1.807) is 7.11 Å². The van der Waals surface area contributed by atoms with Crippen LogP contribution in [0.5, 0.6) is 5.75 Å². The van der Waals surface area contributed by atoms with Crippen LogP contribution in [-0.4, -0.2) is 68.6 Å². The Morgan fingerprint density at radius 2 is 2.15 bits per heavy atom. The van der Waals surface area contributed by atoms with Crippen molar-refractivity contribution in [2.75, 3.05) is 46.9 Å². The van der Waals surface area contributed by atoms with Gasteiger partial charge < -0.3 is 15.0 Å².